The summed E-state index contributed by atoms with van der Waals surface area (Å²) in [6.45, 7) is 2.24. The monoisotopic (exact) mass is 285 g/mol. The van der Waals surface area contributed by atoms with Gasteiger partial charge in [0.2, 0.25) is 11.8 Å². The number of anilines is 1. The zero-order valence-electron chi connectivity index (χ0n) is 11.5. The third kappa shape index (κ3) is 2.49. The molecule has 0 saturated carbocycles. The van der Waals surface area contributed by atoms with Gasteiger partial charge in [-0.3, -0.25) is 19.6 Å². The highest BCUT2D eigenvalue weighted by Gasteiger charge is 2.35. The van der Waals surface area contributed by atoms with E-state index in [1.165, 1.54) is 4.90 Å². The maximum absolute atomic E-state index is 11.9. The Labute approximate surface area is 121 Å². The number of primary amides is 1. The predicted octanol–water partition coefficient (Wildman–Crippen LogP) is 0.618. The van der Waals surface area contributed by atoms with Crippen LogP contribution in [0.1, 0.15) is 12.0 Å². The Morgan fingerprint density at radius 1 is 1.38 bits per heavy atom. The molecule has 3 rings (SSSR count). The lowest BCUT2D eigenvalue weighted by Gasteiger charge is -2.10. The Morgan fingerprint density at radius 2 is 2.10 bits per heavy atom. The molecule has 7 nitrogen and oxygen atoms in total. The van der Waals surface area contributed by atoms with Crippen molar-refractivity contribution in [1.29, 1.82) is 0 Å². The van der Waals surface area contributed by atoms with Gasteiger partial charge in [0.05, 0.1) is 5.92 Å². The Bertz CT molecular complexity index is 692. The summed E-state index contributed by atoms with van der Waals surface area (Å²) in [5.74, 6) is -0.271. The second kappa shape index (κ2) is 5.01. The van der Waals surface area contributed by atoms with Gasteiger partial charge >= 0.3 is 0 Å². The van der Waals surface area contributed by atoms with E-state index >= 15 is 0 Å². The molecular weight excluding hydrogens is 270 g/mol. The summed E-state index contributed by atoms with van der Waals surface area (Å²) in [4.78, 5) is 28.8. The summed E-state index contributed by atoms with van der Waals surface area (Å²) in [6, 6.07) is 7.80. The fraction of sp³-hybridized carbons (Fsp3) is 0.286. The Morgan fingerprint density at radius 3 is 2.71 bits per heavy atom. The molecule has 1 aromatic carbocycles. The molecule has 1 unspecified atom stereocenters. The number of rotatable bonds is 3. The molecule has 2 heterocycles. The van der Waals surface area contributed by atoms with E-state index in [1.807, 2.05) is 31.2 Å². The highest BCUT2D eigenvalue weighted by molar-refractivity contribution is 5.98. The number of H-pyrrole nitrogens is 1. The van der Waals surface area contributed by atoms with Crippen molar-refractivity contribution in [1.82, 2.24) is 15.2 Å². The molecule has 0 bridgehead atoms. The molecule has 1 aromatic heterocycles. The van der Waals surface area contributed by atoms with Gasteiger partial charge in [-0.15, -0.1) is 5.10 Å². The van der Waals surface area contributed by atoms with Gasteiger partial charge in [0.15, 0.2) is 5.82 Å². The number of hydrogen-bond donors (Lipinski definition) is 2. The first-order chi connectivity index (χ1) is 10.0. The Hall–Kier alpha value is -2.70. The molecule has 0 spiro atoms. The average molecular weight is 285 g/mol. The molecule has 2 amide bonds. The van der Waals surface area contributed by atoms with Crippen molar-refractivity contribution >= 4 is 17.8 Å². The van der Waals surface area contributed by atoms with E-state index in [2.05, 4.69) is 15.2 Å². The maximum Gasteiger partial charge on any atom is 0.251 e. The topological polar surface area (TPSA) is 105 Å². The third-order valence-corrected chi connectivity index (χ3v) is 3.57. The van der Waals surface area contributed by atoms with Gasteiger partial charge in [0.25, 0.3) is 5.95 Å². The fourth-order valence-corrected chi connectivity index (χ4v) is 2.31. The smallest absolute Gasteiger partial charge is 0.251 e. The van der Waals surface area contributed by atoms with Crippen LogP contribution in [0.4, 0.5) is 5.95 Å². The number of aromatic nitrogens is 3. The van der Waals surface area contributed by atoms with Crippen LogP contribution in [0, 0.1) is 12.8 Å². The van der Waals surface area contributed by atoms with Crippen LogP contribution in [0.25, 0.3) is 11.4 Å². The molecule has 1 atom stereocenters. The highest BCUT2D eigenvalue weighted by Crippen LogP contribution is 2.24. The number of amides is 2. The van der Waals surface area contributed by atoms with E-state index in [0.717, 1.165) is 11.1 Å². The lowest BCUT2D eigenvalue weighted by Crippen LogP contribution is -2.29. The summed E-state index contributed by atoms with van der Waals surface area (Å²) in [5, 5.41) is 6.87. The first kappa shape index (κ1) is 13.3. The average Bonchev–Trinajstić information content (AvgIpc) is 3.06. The Balaban J connectivity index is 1.84. The number of hydrogen-bond acceptors (Lipinski definition) is 4. The van der Waals surface area contributed by atoms with E-state index < -0.39 is 11.8 Å². The van der Waals surface area contributed by atoms with E-state index in [-0.39, 0.29) is 24.8 Å². The third-order valence-electron chi connectivity index (χ3n) is 3.57. The zero-order chi connectivity index (χ0) is 15.0. The predicted molar refractivity (Wildman–Crippen MR) is 76.2 cm³/mol. The maximum atomic E-state index is 11.9. The number of carbonyl (C=O) groups excluding carboxylic acids is 2. The van der Waals surface area contributed by atoms with Gasteiger partial charge in [-0.05, 0) is 6.92 Å². The van der Waals surface area contributed by atoms with Gasteiger partial charge in [-0.25, -0.2) is 0 Å². The summed E-state index contributed by atoms with van der Waals surface area (Å²) in [6.07, 6.45) is 0.115. The molecule has 1 fully saturated rings. The van der Waals surface area contributed by atoms with Crippen LogP contribution in [-0.2, 0) is 9.59 Å². The van der Waals surface area contributed by atoms with Gasteiger partial charge in [-0.1, -0.05) is 29.8 Å². The SMILES string of the molecule is Cc1ccc(-c2nc(N3CC(C(N)=O)CC3=O)n[nH]2)cc1. The van der Waals surface area contributed by atoms with Crippen molar-refractivity contribution in [2.75, 3.05) is 11.4 Å². The van der Waals surface area contributed by atoms with E-state index in [4.69, 9.17) is 5.73 Å². The van der Waals surface area contributed by atoms with Crippen LogP contribution in [0.2, 0.25) is 0 Å². The van der Waals surface area contributed by atoms with Crippen LogP contribution >= 0.6 is 0 Å². The standard InChI is InChI=1S/C14H15N5O2/c1-8-2-4-9(5-3-8)13-16-14(18-17-13)19-7-10(12(15)21)6-11(19)20/h2-5,10H,6-7H2,1H3,(H2,15,21)(H,16,17,18). The lowest BCUT2D eigenvalue weighted by atomic mass is 10.1. The highest BCUT2D eigenvalue weighted by atomic mass is 16.2. The molecule has 3 N–H and O–H groups in total. The molecule has 1 aliphatic rings. The van der Waals surface area contributed by atoms with Crippen molar-refractivity contribution in [2.45, 2.75) is 13.3 Å². The second-order valence-electron chi connectivity index (χ2n) is 5.16. The van der Waals surface area contributed by atoms with Crippen LogP contribution in [0.3, 0.4) is 0 Å². The van der Waals surface area contributed by atoms with Gasteiger partial charge in [0, 0.05) is 18.5 Å². The molecule has 1 aliphatic heterocycles. The molecule has 2 aromatic rings. The zero-order valence-corrected chi connectivity index (χ0v) is 11.5. The number of carbonyl (C=O) groups is 2. The summed E-state index contributed by atoms with van der Waals surface area (Å²) < 4.78 is 0. The quantitative estimate of drug-likeness (QED) is 0.862. The Kier molecular flexibility index (Phi) is 3.17. The van der Waals surface area contributed by atoms with Crippen molar-refractivity contribution < 1.29 is 9.59 Å². The van der Waals surface area contributed by atoms with Crippen molar-refractivity contribution in [3.8, 4) is 11.4 Å². The number of benzene rings is 1. The number of nitrogens with two attached hydrogens (primary N) is 1. The largest absolute Gasteiger partial charge is 0.369 e. The van der Waals surface area contributed by atoms with Crippen LogP contribution in [-0.4, -0.2) is 33.5 Å². The summed E-state index contributed by atoms with van der Waals surface area (Å²) in [5.41, 5.74) is 7.28. The first-order valence-electron chi connectivity index (χ1n) is 6.63. The van der Waals surface area contributed by atoms with Crippen LogP contribution < -0.4 is 10.6 Å². The molecule has 7 heteroatoms. The van der Waals surface area contributed by atoms with Crippen LogP contribution in [0.15, 0.2) is 24.3 Å². The minimum atomic E-state index is -0.473. The normalized spacial score (nSPS) is 18.2. The van der Waals surface area contributed by atoms with Gasteiger partial charge in [0.1, 0.15) is 0 Å². The van der Waals surface area contributed by atoms with E-state index in [0.29, 0.717) is 5.82 Å². The molecule has 21 heavy (non-hydrogen) atoms. The van der Waals surface area contributed by atoms with E-state index in [9.17, 15) is 9.59 Å². The second-order valence-corrected chi connectivity index (χ2v) is 5.16. The number of aryl methyl sites for hydroxylation is 1. The number of nitrogens with zero attached hydrogens (tertiary/aromatic N) is 3. The molecule has 108 valence electrons. The first-order valence-corrected chi connectivity index (χ1v) is 6.63. The fourth-order valence-electron chi connectivity index (χ4n) is 2.31. The van der Waals surface area contributed by atoms with Gasteiger partial charge in [-0.2, -0.15) is 4.98 Å². The molecule has 0 radical (unpaired) electrons. The van der Waals surface area contributed by atoms with Gasteiger partial charge < -0.3 is 5.73 Å². The van der Waals surface area contributed by atoms with Crippen molar-refractivity contribution in [2.24, 2.45) is 11.7 Å². The number of nitrogens with one attached hydrogen (secondary N) is 1. The van der Waals surface area contributed by atoms with Crippen molar-refractivity contribution in [3.63, 3.8) is 0 Å². The molecule has 0 aliphatic carbocycles. The minimum absolute atomic E-state index is 0.115. The lowest BCUT2D eigenvalue weighted by molar-refractivity contribution is -0.123. The van der Waals surface area contributed by atoms with Crippen LogP contribution in [0.5, 0.6) is 0 Å². The summed E-state index contributed by atoms with van der Waals surface area (Å²) in [7, 11) is 0. The summed E-state index contributed by atoms with van der Waals surface area (Å²) >= 11 is 0. The van der Waals surface area contributed by atoms with Crippen molar-refractivity contribution in [3.05, 3.63) is 29.8 Å². The minimum Gasteiger partial charge on any atom is -0.369 e. The van der Waals surface area contributed by atoms with E-state index in [1.54, 1.807) is 0 Å². The number of aromatic amines is 1. The molecular formula is C14H15N5O2. The molecule has 1 saturated heterocycles.